The van der Waals surface area contributed by atoms with Crippen LogP contribution in [0.5, 0.6) is 0 Å². The van der Waals surface area contributed by atoms with Gasteiger partial charge in [-0.2, -0.15) is 13.2 Å². The number of alkyl halides is 3. The predicted octanol–water partition coefficient (Wildman–Crippen LogP) is 5.73. The Bertz CT molecular complexity index is 557. The first-order valence-corrected chi connectivity index (χ1v) is 7.02. The zero-order valence-electron chi connectivity index (χ0n) is 11.2. The van der Waals surface area contributed by atoms with Crippen LogP contribution in [0.2, 0.25) is 0 Å². The zero-order valence-corrected chi connectivity index (χ0v) is 12.1. The highest BCUT2D eigenvalue weighted by molar-refractivity contribution is 8.00. The van der Waals surface area contributed by atoms with Gasteiger partial charge in [0.25, 0.3) is 0 Å². The second-order valence-electron chi connectivity index (χ2n) is 5.00. The van der Waals surface area contributed by atoms with Crippen molar-refractivity contribution in [3.63, 3.8) is 0 Å². The molecule has 0 unspecified atom stereocenters. The lowest BCUT2D eigenvalue weighted by atomic mass is 10.0. The van der Waals surface area contributed by atoms with Crippen molar-refractivity contribution in [2.75, 3.05) is 0 Å². The first-order valence-electron chi connectivity index (χ1n) is 6.21. The Hall–Kier alpha value is -1.42. The molecular weight excluding hydrogens is 281 g/mol. The molecule has 0 N–H and O–H groups in total. The summed E-state index contributed by atoms with van der Waals surface area (Å²) < 4.78 is 37.4. The highest BCUT2D eigenvalue weighted by atomic mass is 32.2. The number of rotatable bonds is 3. The van der Waals surface area contributed by atoms with Gasteiger partial charge in [0.05, 0.1) is 5.56 Å². The van der Waals surface area contributed by atoms with Crippen LogP contribution in [-0.4, -0.2) is 0 Å². The molecule has 0 aliphatic rings. The largest absolute Gasteiger partial charge is 0.416 e. The van der Waals surface area contributed by atoms with Crippen molar-refractivity contribution in [3.8, 4) is 0 Å². The van der Waals surface area contributed by atoms with E-state index >= 15 is 0 Å². The van der Waals surface area contributed by atoms with Gasteiger partial charge in [0, 0.05) is 9.64 Å². The maximum atomic E-state index is 12.6. The fraction of sp³-hybridized carbons (Fsp3) is 0.250. The average Bonchev–Trinajstić information content (AvgIpc) is 2.38. The van der Waals surface area contributed by atoms with Gasteiger partial charge >= 0.3 is 6.18 Å². The Morgan fingerprint density at radius 3 is 1.75 bits per heavy atom. The average molecular weight is 296 g/mol. The van der Waals surface area contributed by atoms with Gasteiger partial charge in [0.15, 0.2) is 0 Å². The number of thioether (sulfide) groups is 1. The van der Waals surface area contributed by atoms with E-state index in [2.05, 4.69) is 0 Å². The monoisotopic (exact) mass is 296 g/mol. The minimum Gasteiger partial charge on any atom is -0.166 e. The molecule has 2 rings (SSSR count). The summed E-state index contributed by atoms with van der Waals surface area (Å²) in [5, 5.41) is 0. The lowest BCUT2D eigenvalue weighted by Gasteiger charge is -2.25. The van der Waals surface area contributed by atoms with Crippen LogP contribution < -0.4 is 0 Å². The van der Waals surface area contributed by atoms with Gasteiger partial charge in [-0.05, 0) is 43.7 Å². The third-order valence-corrected chi connectivity index (χ3v) is 4.28. The summed E-state index contributed by atoms with van der Waals surface area (Å²) in [6.07, 6.45) is -4.28. The first-order chi connectivity index (χ1) is 9.29. The van der Waals surface area contributed by atoms with E-state index in [4.69, 9.17) is 0 Å². The molecule has 0 bridgehead atoms. The van der Waals surface area contributed by atoms with Gasteiger partial charge in [-0.1, -0.05) is 30.3 Å². The van der Waals surface area contributed by atoms with Crippen molar-refractivity contribution in [2.45, 2.75) is 29.7 Å². The van der Waals surface area contributed by atoms with E-state index in [1.807, 2.05) is 44.2 Å². The minimum absolute atomic E-state index is 0.286. The Morgan fingerprint density at radius 1 is 0.750 bits per heavy atom. The zero-order chi connectivity index (χ0) is 14.8. The molecule has 106 valence electrons. The molecule has 0 saturated heterocycles. The maximum Gasteiger partial charge on any atom is 0.416 e. The number of benzene rings is 2. The molecule has 4 heteroatoms. The molecule has 0 amide bonds. The maximum absolute atomic E-state index is 12.6. The van der Waals surface area contributed by atoms with Gasteiger partial charge in [0.2, 0.25) is 0 Å². The number of halogens is 3. The molecule has 0 aromatic heterocycles. The Labute approximate surface area is 121 Å². The van der Waals surface area contributed by atoms with Crippen molar-refractivity contribution in [1.82, 2.24) is 0 Å². The molecule has 0 aliphatic carbocycles. The summed E-state index contributed by atoms with van der Waals surface area (Å²) >= 11 is 1.63. The lowest BCUT2D eigenvalue weighted by Crippen LogP contribution is -2.13. The number of hydrogen-bond acceptors (Lipinski definition) is 1. The summed E-state index contributed by atoms with van der Waals surface area (Å²) in [6, 6.07) is 15.2. The third kappa shape index (κ3) is 3.57. The van der Waals surface area contributed by atoms with Crippen molar-refractivity contribution >= 4 is 11.8 Å². The van der Waals surface area contributed by atoms with Gasteiger partial charge in [-0.25, -0.2) is 0 Å². The van der Waals surface area contributed by atoms with Crippen LogP contribution in [0.1, 0.15) is 25.0 Å². The van der Waals surface area contributed by atoms with E-state index in [1.165, 1.54) is 0 Å². The van der Waals surface area contributed by atoms with Crippen molar-refractivity contribution in [2.24, 2.45) is 0 Å². The molecule has 0 radical (unpaired) electrons. The van der Waals surface area contributed by atoms with Crippen molar-refractivity contribution in [3.05, 3.63) is 65.7 Å². The highest BCUT2D eigenvalue weighted by Gasteiger charge is 2.31. The Kier molecular flexibility index (Phi) is 4.14. The normalized spacial score (nSPS) is 12.4. The van der Waals surface area contributed by atoms with Crippen molar-refractivity contribution in [1.29, 1.82) is 0 Å². The van der Waals surface area contributed by atoms with Crippen LogP contribution >= 0.6 is 11.8 Å². The first kappa shape index (κ1) is 15.0. The van der Waals surface area contributed by atoms with Crippen LogP contribution in [0.4, 0.5) is 13.2 Å². The van der Waals surface area contributed by atoms with Gasteiger partial charge < -0.3 is 0 Å². The Morgan fingerprint density at radius 2 is 1.25 bits per heavy atom. The highest BCUT2D eigenvalue weighted by Crippen LogP contribution is 2.41. The van der Waals surface area contributed by atoms with Crippen LogP contribution in [0.3, 0.4) is 0 Å². The Balaban J connectivity index is 2.21. The fourth-order valence-corrected chi connectivity index (χ4v) is 3.04. The third-order valence-electron chi connectivity index (χ3n) is 3.02. The van der Waals surface area contributed by atoms with Gasteiger partial charge in [-0.3, -0.25) is 0 Å². The topological polar surface area (TPSA) is 0 Å². The van der Waals surface area contributed by atoms with E-state index in [1.54, 1.807) is 23.9 Å². The molecule has 0 fully saturated rings. The summed E-state index contributed by atoms with van der Waals surface area (Å²) in [7, 11) is 0. The van der Waals surface area contributed by atoms with Crippen LogP contribution in [-0.2, 0) is 10.9 Å². The summed E-state index contributed by atoms with van der Waals surface area (Å²) in [4.78, 5) is 1.09. The van der Waals surface area contributed by atoms with Gasteiger partial charge in [0.1, 0.15) is 0 Å². The van der Waals surface area contributed by atoms with E-state index in [0.717, 1.165) is 22.6 Å². The molecule has 0 aliphatic heterocycles. The fourth-order valence-electron chi connectivity index (χ4n) is 1.90. The second kappa shape index (κ2) is 5.52. The summed E-state index contributed by atoms with van der Waals surface area (Å²) in [5.74, 6) is 0. The quantitative estimate of drug-likeness (QED) is 0.651. The minimum atomic E-state index is -4.28. The molecule has 0 nitrogen and oxygen atoms in total. The molecule has 0 heterocycles. The lowest BCUT2D eigenvalue weighted by molar-refractivity contribution is -0.137. The van der Waals surface area contributed by atoms with Crippen molar-refractivity contribution < 1.29 is 13.2 Å². The predicted molar refractivity (Wildman–Crippen MR) is 76.8 cm³/mol. The molecule has 2 aromatic carbocycles. The number of hydrogen-bond donors (Lipinski definition) is 0. The molecule has 0 saturated carbocycles. The standard InChI is InChI=1S/C16H15F3S/c1-15(2,20-14-6-4-3-5-7-14)12-8-10-13(11-9-12)16(17,18)19/h3-11H,1-2H3. The molecule has 0 atom stereocenters. The molecular formula is C16H15F3S. The molecule has 2 aromatic rings. The van der Waals surface area contributed by atoms with Gasteiger partial charge in [-0.15, -0.1) is 11.8 Å². The van der Waals surface area contributed by atoms with Crippen LogP contribution in [0.25, 0.3) is 0 Å². The van der Waals surface area contributed by atoms with E-state index in [-0.39, 0.29) is 4.75 Å². The van der Waals surface area contributed by atoms with E-state index < -0.39 is 11.7 Å². The molecule has 20 heavy (non-hydrogen) atoms. The van der Waals surface area contributed by atoms with Crippen LogP contribution in [0.15, 0.2) is 59.5 Å². The SMILES string of the molecule is CC(C)(Sc1ccccc1)c1ccc(C(F)(F)F)cc1. The summed E-state index contributed by atoms with van der Waals surface area (Å²) in [5.41, 5.74) is 0.265. The van der Waals surface area contributed by atoms with E-state index in [0.29, 0.717) is 0 Å². The smallest absolute Gasteiger partial charge is 0.166 e. The summed E-state index contributed by atoms with van der Waals surface area (Å²) in [6.45, 7) is 4.01. The molecule has 0 spiro atoms. The van der Waals surface area contributed by atoms with E-state index in [9.17, 15) is 13.2 Å². The van der Waals surface area contributed by atoms with Crippen LogP contribution in [0, 0.1) is 0 Å². The second-order valence-corrected chi connectivity index (χ2v) is 6.70.